The summed E-state index contributed by atoms with van der Waals surface area (Å²) in [6.45, 7) is 0.306. The van der Waals surface area contributed by atoms with Crippen LogP contribution in [0.4, 0.5) is 21.2 Å². The highest BCUT2D eigenvalue weighted by Crippen LogP contribution is 2.22. The first-order chi connectivity index (χ1) is 65.2. The number of aromatic amines is 1. The highest BCUT2D eigenvalue weighted by Gasteiger charge is 2.36. The monoisotopic (exact) mass is 2200 g/mol. The van der Waals surface area contributed by atoms with Crippen LogP contribution in [0.1, 0.15) is 168 Å². The fourth-order valence-electron chi connectivity index (χ4n) is 14.4. The number of urea groups is 2. The van der Waals surface area contributed by atoms with E-state index in [0.717, 1.165) is 0 Å². The van der Waals surface area contributed by atoms with Crippen LogP contribution in [0, 0.1) is 11.8 Å². The van der Waals surface area contributed by atoms with Gasteiger partial charge in [0.25, 0.3) is 12.4 Å². The molecular formula is C86H139N21O30S8. The summed E-state index contributed by atoms with van der Waals surface area (Å²) in [5, 5.41) is 102. The summed E-state index contributed by atoms with van der Waals surface area (Å²) in [5.74, 6) is -21.2. The highest BCUT2D eigenvalue weighted by atomic mass is 32.1. The topological polar surface area (TPSA) is 795 Å². The minimum Gasteiger partial charge on any atom is -0.481 e. The van der Waals surface area contributed by atoms with Crippen LogP contribution in [0.25, 0.3) is 11.2 Å². The molecule has 59 heteroatoms. The van der Waals surface area contributed by atoms with Gasteiger partial charge < -0.3 is 121 Å². The molecule has 25 N–H and O–H groups in total. The number of nitrogen functional groups attached to an aromatic ring is 1. The molecule has 1 saturated heterocycles. The minimum atomic E-state index is -1.80. The number of nitrogens with zero attached hydrogens (tertiary/aromatic N) is 7. The first-order valence-corrected chi connectivity index (χ1v) is 44.5. The van der Waals surface area contributed by atoms with E-state index in [0.29, 0.717) is 35.3 Å². The van der Waals surface area contributed by atoms with Gasteiger partial charge in [-0.25, -0.2) is 33.9 Å². The molecule has 4 aromatic rings. The third-order valence-electron chi connectivity index (χ3n) is 21.9. The average Bonchev–Trinajstić information content (AvgIpc) is 0.807. The maximum atomic E-state index is 14.3. The van der Waals surface area contributed by atoms with Gasteiger partial charge in [0.05, 0.1) is 75.3 Å². The largest absolute Gasteiger partial charge is 0.481 e. The van der Waals surface area contributed by atoms with Gasteiger partial charge in [-0.1, -0.05) is 43.5 Å². The number of H-pyrrole nitrogens is 1. The van der Waals surface area contributed by atoms with Gasteiger partial charge in [-0.2, -0.15) is 113 Å². The summed E-state index contributed by atoms with van der Waals surface area (Å²) < 4.78 is 5.04. The number of carbonyl (C=O) groups is 20. The molecule has 0 saturated carbocycles. The quantitative estimate of drug-likeness (QED) is 0.0178. The number of fused-ring (bicyclic) bond motifs is 1. The minimum absolute atomic E-state index is 0. The molecule has 0 radical (unpaired) electrons. The molecule has 1 fully saturated rings. The number of hydrogen-bond acceptors (Lipinski definition) is 32. The lowest BCUT2D eigenvalue weighted by Gasteiger charge is -2.33. The van der Waals surface area contributed by atoms with Crippen molar-refractivity contribution in [2.75, 3.05) is 109 Å². The predicted molar refractivity (Wildman–Crippen MR) is 565 cm³/mol. The van der Waals surface area contributed by atoms with E-state index in [-0.39, 0.29) is 338 Å². The van der Waals surface area contributed by atoms with E-state index < -0.39 is 212 Å². The number of amides is 10. The van der Waals surface area contributed by atoms with Crippen LogP contribution in [-0.2, 0) is 106 Å². The number of rotatable bonds is 65. The van der Waals surface area contributed by atoms with Crippen LogP contribution < -0.4 is 75.9 Å². The van der Waals surface area contributed by atoms with E-state index >= 15 is 0 Å². The van der Waals surface area contributed by atoms with E-state index in [1.165, 1.54) is 30.5 Å². The number of carbonyl (C=O) groups excluding carboxylic acids is 12. The molecule has 8 atom stereocenters. The van der Waals surface area contributed by atoms with Crippen molar-refractivity contribution in [2.24, 2.45) is 23.3 Å². The molecule has 3 heterocycles. The molecule has 1 aliphatic heterocycles. The molecule has 0 bridgehead atoms. The van der Waals surface area contributed by atoms with Crippen molar-refractivity contribution >= 4 is 250 Å². The average molecular weight is 2200 g/mol. The number of unbranched alkanes of at least 4 members (excludes halogenated alkanes) is 5. The Morgan fingerprint density at radius 2 is 0.938 bits per heavy atom. The van der Waals surface area contributed by atoms with Crippen LogP contribution in [-0.4, -0.2) is 334 Å². The molecule has 0 aliphatic carbocycles. The summed E-state index contributed by atoms with van der Waals surface area (Å²) in [6.07, 6.45) is -2.23. The van der Waals surface area contributed by atoms with Gasteiger partial charge in [0.15, 0.2) is 22.7 Å². The number of benzene rings is 2. The van der Waals surface area contributed by atoms with Gasteiger partial charge in [-0.05, 0) is 119 Å². The molecular weight excluding hydrogens is 2060 g/mol. The first kappa shape index (κ1) is 140. The van der Waals surface area contributed by atoms with Gasteiger partial charge in [0.2, 0.25) is 35.5 Å². The number of Topliss-reactive ketones (excluding diaryl/α,β-unsaturated/α-hetero) is 3. The second kappa shape index (κ2) is 76.1. The number of anilines is 2. The van der Waals surface area contributed by atoms with Crippen molar-refractivity contribution in [1.29, 1.82) is 0 Å². The number of aliphatic carboxylic acids is 8. The Bertz CT molecular complexity index is 4900. The van der Waals surface area contributed by atoms with Crippen LogP contribution in [0.3, 0.4) is 0 Å². The lowest BCUT2D eigenvalue weighted by atomic mass is 9.90. The normalized spacial score (nSPS) is 13.7. The van der Waals surface area contributed by atoms with Crippen molar-refractivity contribution in [3.63, 3.8) is 0 Å². The number of carboxylic acids is 8. The number of carboxylic acid groups (broad SMARTS) is 8. The zero-order valence-electron chi connectivity index (χ0n) is 79.6. The maximum absolute atomic E-state index is 14.3. The third-order valence-corrected chi connectivity index (χ3v) is 21.9. The predicted octanol–water partition coefficient (Wildman–Crippen LogP) is -1.45. The Labute approximate surface area is 890 Å². The van der Waals surface area contributed by atoms with Crippen molar-refractivity contribution in [3.05, 3.63) is 87.5 Å². The molecule has 0 unspecified atom stereocenters. The third kappa shape index (κ3) is 57.2. The van der Waals surface area contributed by atoms with Crippen LogP contribution in [0.2, 0.25) is 0 Å². The molecule has 816 valence electrons. The fourth-order valence-corrected chi connectivity index (χ4v) is 14.4. The van der Waals surface area contributed by atoms with Gasteiger partial charge in [-0.15, -0.1) is 0 Å². The number of primary amides is 1. The summed E-state index contributed by atoms with van der Waals surface area (Å²) in [7, 11) is 0. The molecule has 2 aromatic heterocycles. The standard InChI is InChI=1S/C86H123N21O30.8H2S/c87-27-7-4-12-59(98-78(126)55(41-70(116)117)40-66(111)64(42-71(118)119)97-67(112)38-51-15-17-52(18-16-51)43-94-85(135)91-29-9-6-14-61(81(129)130)100-86(136)101-63(83(133)134)25-26-69(114)115)65(110)39-54(75(88)124)10-5-8-28-90-79(127)60(96-68(113)46-104-30-31-105(47-72(120)121)32-33-106(48-73(122)123)35-37-107(36-34-104)49-137-50-108)13-3-1-2-11-58(109)23-24-62(82(131)132)99-77(125)53-19-21-56(22-20-53)92-44-57-45-93-76-74(95-57)80(128)103-84(89)102-76;;;;;;;;/h15-22,45,50,54-55,59-64,92H,1-14,23-44,46-49,87H2,(H2,88,124)(H,90,127)(H,96,113)(H,97,112)(H,98,126)(H,99,125)(H,114,115)(H,116,117)(H,118,119)(H,120,121)(H,122,123)(H,129,130)(H,131,132)(H,133,134)(H2,91,94,135)(H2,100,101,136)(H3,89,93,102,103,128);8*1H2/t54-,55+,59+,60+,61+,62+,63+,64+;;;;;;;;/m1......../s1. The second-order valence-electron chi connectivity index (χ2n) is 32.7. The van der Waals surface area contributed by atoms with Crippen LogP contribution in [0.5, 0.6) is 0 Å². The first-order valence-electron chi connectivity index (χ1n) is 44.5. The molecule has 145 heavy (non-hydrogen) atoms. The number of nitrogens with one attached hydrogen (secondary N) is 11. The number of ketones is 3. The molecule has 5 rings (SSSR count). The Balaban J connectivity index is -0.0000124. The van der Waals surface area contributed by atoms with Gasteiger partial charge in [0.1, 0.15) is 36.7 Å². The highest BCUT2D eigenvalue weighted by molar-refractivity contribution is 7.60. The van der Waals surface area contributed by atoms with Gasteiger partial charge in [0, 0.05) is 121 Å². The van der Waals surface area contributed by atoms with Gasteiger partial charge >= 0.3 is 65.4 Å². The maximum Gasteiger partial charge on any atom is 0.326 e. The zero-order valence-corrected chi connectivity index (χ0v) is 87.6. The molecule has 2 aromatic carbocycles. The van der Waals surface area contributed by atoms with E-state index in [1.54, 1.807) is 43.9 Å². The van der Waals surface area contributed by atoms with Crippen LogP contribution >= 0.6 is 108 Å². The van der Waals surface area contributed by atoms with Crippen molar-refractivity contribution < 1.29 is 141 Å². The lowest BCUT2D eigenvalue weighted by molar-refractivity contribution is -0.144. The Morgan fingerprint density at radius 1 is 0.441 bits per heavy atom. The summed E-state index contributed by atoms with van der Waals surface area (Å²) in [4.78, 5) is 288. The Kier molecular flexibility index (Phi) is 73.3. The summed E-state index contributed by atoms with van der Waals surface area (Å²) >= 11 is 0. The van der Waals surface area contributed by atoms with Crippen LogP contribution in [0.15, 0.2) is 59.5 Å². The number of nitrogens with two attached hydrogens (primary N) is 3. The molecule has 10 amide bonds. The fraction of sp³-hybridized carbons (Fsp3) is 0.558. The van der Waals surface area contributed by atoms with E-state index in [2.05, 4.69) is 67.8 Å². The zero-order chi connectivity index (χ0) is 101. The van der Waals surface area contributed by atoms with E-state index in [9.17, 15) is 136 Å². The number of ether oxygens (including phenoxy) is 1. The summed E-state index contributed by atoms with van der Waals surface area (Å²) in [5.41, 5.74) is 18.6. The molecule has 0 spiro atoms. The van der Waals surface area contributed by atoms with Crippen molar-refractivity contribution in [1.82, 2.24) is 87.4 Å². The molecule has 1 aliphatic rings. The van der Waals surface area contributed by atoms with Crippen molar-refractivity contribution in [3.8, 4) is 0 Å². The summed E-state index contributed by atoms with van der Waals surface area (Å²) in [6, 6.07) is 1.37. The Morgan fingerprint density at radius 3 is 1.49 bits per heavy atom. The van der Waals surface area contributed by atoms with Gasteiger partial charge in [-0.3, -0.25) is 96.3 Å². The van der Waals surface area contributed by atoms with E-state index in [1.807, 2.05) is 5.32 Å². The molecule has 51 nitrogen and oxygen atoms in total. The lowest BCUT2D eigenvalue weighted by Crippen LogP contribution is -2.52. The smallest absolute Gasteiger partial charge is 0.326 e. The Hall–Kier alpha value is -11.5. The SMILES string of the molecule is NCCCC[C@H](NC(=O)[C@H](CC(=O)O)CC(=O)[C@H](CC(=O)O)NC(=O)Cc1ccc(CNC(=O)NCCCC[C@H](NC(=O)N[C@@H](CCC(=O)O)C(=O)O)C(=O)O)cc1)C(=O)C[C@@H](CCCCNC(=O)[C@H](CCCCCC(=O)CC[C@H](NC(=O)c1ccc(NCc2cnc3[nH]c(N)nc(=O)c3n2)cc1)C(=O)O)NC(=O)CN1CCN(COC=O)CCN(CC(=O)O)CCN(CC(=O)O)CC1)C(N)=O.S.S.S.S.S.S.S.S. The number of hydrogen-bond donors (Lipinski definition) is 22. The second-order valence-corrected chi connectivity index (χ2v) is 32.7. The number of aromatic nitrogens is 4. The van der Waals surface area contributed by atoms with Crippen molar-refractivity contribution in [2.45, 2.75) is 197 Å². The van der Waals surface area contributed by atoms with E-state index in [4.69, 9.17) is 27.0 Å².